The average Bonchev–Trinajstić information content (AvgIpc) is 2.56. The SMILES string of the molecule is COc1cccc2c1C(=O)C(C(N)O)C2. The molecule has 0 fully saturated rings. The topological polar surface area (TPSA) is 72.5 Å². The van der Waals surface area contributed by atoms with Gasteiger partial charge in [0.25, 0.3) is 0 Å². The highest BCUT2D eigenvalue weighted by molar-refractivity contribution is 6.04. The summed E-state index contributed by atoms with van der Waals surface area (Å²) in [6.45, 7) is 0. The van der Waals surface area contributed by atoms with E-state index in [4.69, 9.17) is 10.5 Å². The molecule has 3 N–H and O–H groups in total. The number of hydrogen-bond donors (Lipinski definition) is 2. The maximum atomic E-state index is 11.9. The molecular formula is C11H13NO3. The van der Waals surface area contributed by atoms with Crippen LogP contribution in [0.4, 0.5) is 0 Å². The fraction of sp³-hybridized carbons (Fsp3) is 0.364. The zero-order valence-corrected chi connectivity index (χ0v) is 8.43. The highest BCUT2D eigenvalue weighted by Crippen LogP contribution is 2.34. The van der Waals surface area contributed by atoms with Gasteiger partial charge >= 0.3 is 0 Å². The maximum absolute atomic E-state index is 11.9. The number of nitrogens with two attached hydrogens (primary N) is 1. The minimum absolute atomic E-state index is 0.127. The predicted molar refractivity (Wildman–Crippen MR) is 54.7 cm³/mol. The Bertz CT molecular complexity index is 401. The molecule has 80 valence electrons. The summed E-state index contributed by atoms with van der Waals surface area (Å²) >= 11 is 0. The van der Waals surface area contributed by atoms with Gasteiger partial charge in [-0.05, 0) is 18.1 Å². The van der Waals surface area contributed by atoms with E-state index in [0.29, 0.717) is 17.7 Å². The molecule has 4 heteroatoms. The minimum Gasteiger partial charge on any atom is -0.496 e. The number of carbonyl (C=O) groups is 1. The van der Waals surface area contributed by atoms with Crippen LogP contribution < -0.4 is 10.5 Å². The molecule has 0 amide bonds. The zero-order chi connectivity index (χ0) is 11.0. The quantitative estimate of drug-likeness (QED) is 0.685. The second-order valence-electron chi connectivity index (χ2n) is 3.66. The Morgan fingerprint density at radius 2 is 2.33 bits per heavy atom. The molecule has 0 saturated carbocycles. The van der Waals surface area contributed by atoms with Gasteiger partial charge in [-0.15, -0.1) is 0 Å². The Labute approximate surface area is 87.7 Å². The molecule has 2 rings (SSSR count). The predicted octanol–water partition coefficient (Wildman–Crippen LogP) is 0.327. The number of hydrogen-bond acceptors (Lipinski definition) is 4. The number of rotatable bonds is 2. The number of aliphatic hydroxyl groups is 1. The van der Waals surface area contributed by atoms with Crippen molar-refractivity contribution in [2.24, 2.45) is 11.7 Å². The van der Waals surface area contributed by atoms with Crippen LogP contribution in [-0.4, -0.2) is 24.2 Å². The van der Waals surface area contributed by atoms with E-state index in [9.17, 15) is 9.90 Å². The van der Waals surface area contributed by atoms with Crippen molar-refractivity contribution in [3.8, 4) is 5.75 Å². The number of ketones is 1. The molecule has 1 aliphatic carbocycles. The second-order valence-corrected chi connectivity index (χ2v) is 3.66. The number of Topliss-reactive ketones (excluding diaryl/α,β-unsaturated/α-hetero) is 1. The zero-order valence-electron chi connectivity index (χ0n) is 8.43. The molecule has 2 unspecified atom stereocenters. The fourth-order valence-electron chi connectivity index (χ4n) is 1.99. The number of fused-ring (bicyclic) bond motifs is 1. The summed E-state index contributed by atoms with van der Waals surface area (Å²) in [7, 11) is 1.52. The van der Waals surface area contributed by atoms with Crippen molar-refractivity contribution in [1.82, 2.24) is 0 Å². The maximum Gasteiger partial charge on any atom is 0.174 e. The van der Waals surface area contributed by atoms with Gasteiger partial charge in [-0.25, -0.2) is 0 Å². The lowest BCUT2D eigenvalue weighted by Crippen LogP contribution is -2.33. The standard InChI is InChI=1S/C11H13NO3/c1-15-8-4-2-3-6-5-7(11(12)14)10(13)9(6)8/h2-4,7,11,14H,5,12H2,1H3. The van der Waals surface area contributed by atoms with Gasteiger partial charge in [-0.1, -0.05) is 12.1 Å². The van der Waals surface area contributed by atoms with Crippen LogP contribution in [0.3, 0.4) is 0 Å². The summed E-state index contributed by atoms with van der Waals surface area (Å²) in [5.41, 5.74) is 6.81. The number of methoxy groups -OCH3 is 1. The van der Waals surface area contributed by atoms with E-state index in [1.807, 2.05) is 12.1 Å². The number of carbonyl (C=O) groups excluding carboxylic acids is 1. The van der Waals surface area contributed by atoms with Crippen LogP contribution in [-0.2, 0) is 6.42 Å². The van der Waals surface area contributed by atoms with Crippen molar-refractivity contribution in [2.45, 2.75) is 12.6 Å². The molecule has 0 bridgehead atoms. The highest BCUT2D eigenvalue weighted by Gasteiger charge is 2.36. The van der Waals surface area contributed by atoms with Gasteiger partial charge in [0.05, 0.1) is 18.6 Å². The molecule has 2 atom stereocenters. The molecule has 1 aliphatic rings. The lowest BCUT2D eigenvalue weighted by molar-refractivity contribution is 0.0728. The Balaban J connectivity index is 2.46. The molecule has 0 saturated heterocycles. The van der Waals surface area contributed by atoms with E-state index >= 15 is 0 Å². The third kappa shape index (κ3) is 1.52. The van der Waals surface area contributed by atoms with Crippen molar-refractivity contribution < 1.29 is 14.6 Å². The normalized spacial score (nSPS) is 21.3. The Hall–Kier alpha value is -1.39. The highest BCUT2D eigenvalue weighted by atomic mass is 16.5. The van der Waals surface area contributed by atoms with Crippen LogP contribution in [0.15, 0.2) is 18.2 Å². The van der Waals surface area contributed by atoms with Gasteiger partial charge in [0.2, 0.25) is 0 Å². The Morgan fingerprint density at radius 1 is 1.60 bits per heavy atom. The first-order valence-corrected chi connectivity index (χ1v) is 4.79. The fourth-order valence-corrected chi connectivity index (χ4v) is 1.99. The third-order valence-electron chi connectivity index (χ3n) is 2.77. The number of benzene rings is 1. The first-order valence-electron chi connectivity index (χ1n) is 4.79. The molecule has 0 aliphatic heterocycles. The Kier molecular flexibility index (Phi) is 2.46. The van der Waals surface area contributed by atoms with Crippen molar-refractivity contribution in [3.05, 3.63) is 29.3 Å². The molecule has 4 nitrogen and oxygen atoms in total. The lowest BCUT2D eigenvalue weighted by Gasteiger charge is -2.10. The summed E-state index contributed by atoms with van der Waals surface area (Å²) in [6, 6.07) is 5.43. The van der Waals surface area contributed by atoms with E-state index in [0.717, 1.165) is 5.56 Å². The van der Waals surface area contributed by atoms with Crippen LogP contribution in [0.25, 0.3) is 0 Å². The molecule has 0 aromatic heterocycles. The van der Waals surface area contributed by atoms with Crippen LogP contribution in [0.2, 0.25) is 0 Å². The molecule has 1 aromatic carbocycles. The van der Waals surface area contributed by atoms with Crippen LogP contribution in [0.1, 0.15) is 15.9 Å². The van der Waals surface area contributed by atoms with E-state index in [2.05, 4.69) is 0 Å². The molecule has 0 spiro atoms. The summed E-state index contributed by atoms with van der Waals surface area (Å²) in [5.74, 6) is -0.102. The molecule has 15 heavy (non-hydrogen) atoms. The third-order valence-corrected chi connectivity index (χ3v) is 2.77. The van der Waals surface area contributed by atoms with Gasteiger partial charge in [0.15, 0.2) is 5.78 Å². The van der Waals surface area contributed by atoms with E-state index in [-0.39, 0.29) is 5.78 Å². The molecule has 0 radical (unpaired) electrons. The van der Waals surface area contributed by atoms with E-state index in [1.165, 1.54) is 7.11 Å². The molecular weight excluding hydrogens is 194 g/mol. The summed E-state index contributed by atoms with van der Waals surface area (Å²) in [5, 5.41) is 9.27. The van der Waals surface area contributed by atoms with Crippen molar-refractivity contribution in [3.63, 3.8) is 0 Å². The van der Waals surface area contributed by atoms with E-state index < -0.39 is 12.1 Å². The number of aliphatic hydroxyl groups excluding tert-OH is 1. The largest absolute Gasteiger partial charge is 0.496 e. The van der Waals surface area contributed by atoms with Gasteiger partial charge in [0, 0.05) is 0 Å². The average molecular weight is 207 g/mol. The first-order chi connectivity index (χ1) is 7.15. The van der Waals surface area contributed by atoms with Gasteiger partial charge < -0.3 is 15.6 Å². The van der Waals surface area contributed by atoms with Gasteiger partial charge in [0.1, 0.15) is 12.0 Å². The molecule has 1 aromatic rings. The van der Waals surface area contributed by atoms with Crippen molar-refractivity contribution in [2.75, 3.05) is 7.11 Å². The van der Waals surface area contributed by atoms with Crippen LogP contribution in [0, 0.1) is 5.92 Å². The minimum atomic E-state index is -1.10. The van der Waals surface area contributed by atoms with Crippen LogP contribution in [0.5, 0.6) is 5.75 Å². The molecule has 0 heterocycles. The summed E-state index contributed by atoms with van der Waals surface area (Å²) in [6.07, 6.45) is -0.613. The van der Waals surface area contributed by atoms with Crippen molar-refractivity contribution >= 4 is 5.78 Å². The van der Waals surface area contributed by atoms with Gasteiger partial charge in [-0.2, -0.15) is 0 Å². The monoisotopic (exact) mass is 207 g/mol. The smallest absolute Gasteiger partial charge is 0.174 e. The summed E-state index contributed by atoms with van der Waals surface area (Å²) < 4.78 is 5.11. The number of ether oxygens (including phenoxy) is 1. The van der Waals surface area contributed by atoms with E-state index in [1.54, 1.807) is 6.07 Å². The lowest BCUT2D eigenvalue weighted by atomic mass is 10.0. The Morgan fingerprint density at radius 3 is 2.93 bits per heavy atom. The first kappa shape index (κ1) is 10.1. The summed E-state index contributed by atoms with van der Waals surface area (Å²) in [4.78, 5) is 11.9. The van der Waals surface area contributed by atoms with Gasteiger partial charge in [-0.3, -0.25) is 4.79 Å². The second kappa shape index (κ2) is 3.64. The van der Waals surface area contributed by atoms with Crippen LogP contribution >= 0.6 is 0 Å². The van der Waals surface area contributed by atoms with Crippen molar-refractivity contribution in [1.29, 1.82) is 0 Å².